The molecule has 4 rings (SSSR count). The monoisotopic (exact) mass is 499 g/mol. The molecule has 37 heavy (non-hydrogen) atoms. The summed E-state index contributed by atoms with van der Waals surface area (Å²) in [7, 11) is 1.41. The summed E-state index contributed by atoms with van der Waals surface area (Å²) in [5, 5.41) is 10.8. The third kappa shape index (κ3) is 6.68. The van der Waals surface area contributed by atoms with Crippen LogP contribution < -0.4 is 0 Å². The minimum atomic E-state index is -0.704. The van der Waals surface area contributed by atoms with Gasteiger partial charge in [0.05, 0.1) is 18.6 Å². The minimum absolute atomic E-state index is 0.261. The minimum Gasteiger partial charge on any atom is -0.468 e. The van der Waals surface area contributed by atoms with Gasteiger partial charge in [-0.3, -0.25) is 4.79 Å². The maximum atomic E-state index is 12.1. The molecule has 4 heteroatoms. The Balaban J connectivity index is 1.27. The van der Waals surface area contributed by atoms with Crippen LogP contribution in [-0.4, -0.2) is 42.7 Å². The molecule has 1 atom stereocenters. The molecule has 0 aliphatic carbocycles. The number of aliphatic hydroxyl groups excluding tert-OH is 1. The molecule has 4 nitrogen and oxygen atoms in total. The van der Waals surface area contributed by atoms with E-state index < -0.39 is 11.5 Å². The molecule has 0 radical (unpaired) electrons. The van der Waals surface area contributed by atoms with Crippen molar-refractivity contribution < 1.29 is 14.6 Å². The van der Waals surface area contributed by atoms with Crippen LogP contribution in [0, 0.1) is 5.92 Å². The zero-order valence-corrected chi connectivity index (χ0v) is 22.5. The van der Waals surface area contributed by atoms with Crippen LogP contribution in [0.2, 0.25) is 0 Å². The second-order valence-electron chi connectivity index (χ2n) is 10.9. The first kappa shape index (κ1) is 27.1. The zero-order chi connectivity index (χ0) is 26.3. The van der Waals surface area contributed by atoms with Crippen LogP contribution >= 0.6 is 0 Å². The number of aliphatic hydroxyl groups is 1. The zero-order valence-electron chi connectivity index (χ0n) is 22.5. The molecule has 0 amide bonds. The van der Waals surface area contributed by atoms with Crippen molar-refractivity contribution in [2.24, 2.45) is 5.92 Å². The van der Waals surface area contributed by atoms with Gasteiger partial charge in [0.1, 0.15) is 0 Å². The van der Waals surface area contributed by atoms with E-state index in [2.05, 4.69) is 65.6 Å². The molecule has 0 bridgehead atoms. The Bertz CT molecular complexity index is 1060. The van der Waals surface area contributed by atoms with Gasteiger partial charge in [0.15, 0.2) is 0 Å². The van der Waals surface area contributed by atoms with Gasteiger partial charge in [0, 0.05) is 5.92 Å². The van der Waals surface area contributed by atoms with E-state index in [-0.39, 0.29) is 5.97 Å². The van der Waals surface area contributed by atoms with E-state index >= 15 is 0 Å². The lowest BCUT2D eigenvalue weighted by Gasteiger charge is -2.36. The largest absolute Gasteiger partial charge is 0.468 e. The lowest BCUT2D eigenvalue weighted by molar-refractivity contribution is -0.146. The summed E-state index contributed by atoms with van der Waals surface area (Å²) >= 11 is 0. The highest BCUT2D eigenvalue weighted by molar-refractivity contribution is 5.82. The Morgan fingerprint density at radius 3 is 1.95 bits per heavy atom. The van der Waals surface area contributed by atoms with Crippen molar-refractivity contribution in [3.63, 3.8) is 0 Å². The van der Waals surface area contributed by atoms with Gasteiger partial charge in [-0.2, -0.15) is 0 Å². The van der Waals surface area contributed by atoms with E-state index in [9.17, 15) is 9.90 Å². The predicted molar refractivity (Wildman–Crippen MR) is 150 cm³/mol. The molecular weight excluding hydrogens is 458 g/mol. The van der Waals surface area contributed by atoms with Gasteiger partial charge in [0.25, 0.3) is 0 Å². The molecule has 1 aliphatic heterocycles. The summed E-state index contributed by atoms with van der Waals surface area (Å²) in [6.45, 7) is 6.94. The average molecular weight is 500 g/mol. The number of hydrogen-bond donors (Lipinski definition) is 1. The highest BCUT2D eigenvalue weighted by atomic mass is 16.5. The smallest absolute Gasteiger partial charge is 0.315 e. The number of hydrogen-bond acceptors (Lipinski definition) is 4. The molecule has 0 saturated carbocycles. The van der Waals surface area contributed by atoms with Gasteiger partial charge < -0.3 is 14.7 Å². The van der Waals surface area contributed by atoms with E-state index in [1.165, 1.54) is 31.1 Å². The number of benzene rings is 3. The van der Waals surface area contributed by atoms with Crippen LogP contribution in [0.4, 0.5) is 0 Å². The van der Waals surface area contributed by atoms with Gasteiger partial charge in [-0.25, -0.2) is 0 Å². The van der Waals surface area contributed by atoms with Crippen LogP contribution in [0.15, 0.2) is 84.9 Å². The summed E-state index contributed by atoms with van der Waals surface area (Å²) in [5.74, 6) is 0.821. The third-order valence-corrected chi connectivity index (χ3v) is 8.09. The Morgan fingerprint density at radius 2 is 1.43 bits per heavy atom. The normalized spacial score (nSPS) is 16.0. The van der Waals surface area contributed by atoms with Gasteiger partial charge in [-0.1, -0.05) is 84.9 Å². The Morgan fingerprint density at radius 1 is 0.892 bits per heavy atom. The molecule has 0 spiro atoms. The molecule has 3 aromatic carbocycles. The highest BCUT2D eigenvalue weighted by Gasteiger charge is 2.31. The SMILES string of the molecule is COC(=O)C(C)(C)c1ccc(C(O)CCCN2CCC(C(c3ccccc3)c3ccccc3)CC2)cc1. The number of piperidine rings is 1. The first-order valence-corrected chi connectivity index (χ1v) is 13.6. The summed E-state index contributed by atoms with van der Waals surface area (Å²) in [6.07, 6.45) is 3.58. The van der Waals surface area contributed by atoms with Gasteiger partial charge >= 0.3 is 5.97 Å². The number of rotatable bonds is 10. The van der Waals surface area contributed by atoms with Gasteiger partial charge in [-0.15, -0.1) is 0 Å². The van der Waals surface area contributed by atoms with E-state index in [0.29, 0.717) is 11.8 Å². The molecule has 1 N–H and O–H groups in total. The molecule has 1 fully saturated rings. The predicted octanol–water partition coefficient (Wildman–Crippen LogP) is 6.49. The van der Waals surface area contributed by atoms with Crippen LogP contribution in [0.5, 0.6) is 0 Å². The number of carbonyl (C=O) groups is 1. The number of carbonyl (C=O) groups excluding carboxylic acids is 1. The second-order valence-corrected chi connectivity index (χ2v) is 10.9. The maximum absolute atomic E-state index is 12.1. The lowest BCUT2D eigenvalue weighted by Crippen LogP contribution is -2.36. The summed E-state index contributed by atoms with van der Waals surface area (Å²) < 4.78 is 4.93. The highest BCUT2D eigenvalue weighted by Crippen LogP contribution is 2.38. The Kier molecular flexibility index (Phi) is 9.18. The molecule has 0 aromatic heterocycles. The van der Waals surface area contributed by atoms with Crippen LogP contribution in [0.25, 0.3) is 0 Å². The topological polar surface area (TPSA) is 49.8 Å². The number of ether oxygens (including phenoxy) is 1. The molecule has 1 unspecified atom stereocenters. The van der Waals surface area contributed by atoms with Gasteiger partial charge in [-0.05, 0) is 87.3 Å². The van der Waals surface area contributed by atoms with Crippen molar-refractivity contribution in [3.8, 4) is 0 Å². The number of methoxy groups -OCH3 is 1. The Hall–Kier alpha value is -2.95. The standard InChI is InChI=1S/C33H41NO3/c1-33(2,32(36)37-3)29-18-16-25(17-19-29)30(35)15-10-22-34-23-20-28(21-24-34)31(26-11-6-4-7-12-26)27-13-8-5-9-14-27/h4-9,11-14,16-19,28,30-31,35H,10,15,20-24H2,1-3H3. The summed E-state index contributed by atoms with van der Waals surface area (Å²) in [6, 6.07) is 29.6. The first-order chi connectivity index (χ1) is 17.9. The summed E-state index contributed by atoms with van der Waals surface area (Å²) in [4.78, 5) is 14.6. The molecule has 196 valence electrons. The fraction of sp³-hybridized carbons (Fsp3) is 0.424. The van der Waals surface area contributed by atoms with E-state index in [1.807, 2.05) is 38.1 Å². The maximum Gasteiger partial charge on any atom is 0.315 e. The van der Waals surface area contributed by atoms with Crippen molar-refractivity contribution >= 4 is 5.97 Å². The lowest BCUT2D eigenvalue weighted by atomic mass is 9.76. The van der Waals surface area contributed by atoms with Crippen LogP contribution in [0.3, 0.4) is 0 Å². The van der Waals surface area contributed by atoms with Crippen molar-refractivity contribution in [3.05, 3.63) is 107 Å². The molecule has 1 heterocycles. The second kappa shape index (κ2) is 12.5. The van der Waals surface area contributed by atoms with Crippen molar-refractivity contribution in [2.75, 3.05) is 26.7 Å². The number of nitrogens with zero attached hydrogens (tertiary/aromatic N) is 1. The van der Waals surface area contributed by atoms with Gasteiger partial charge in [0.2, 0.25) is 0 Å². The third-order valence-electron chi connectivity index (χ3n) is 8.09. The average Bonchev–Trinajstić information content (AvgIpc) is 2.94. The number of esters is 1. The van der Waals surface area contributed by atoms with E-state index in [1.54, 1.807) is 0 Å². The number of likely N-dealkylation sites (tertiary alicyclic amines) is 1. The van der Waals surface area contributed by atoms with Crippen LogP contribution in [0.1, 0.15) is 73.8 Å². The molecule has 1 saturated heterocycles. The van der Waals surface area contributed by atoms with E-state index in [4.69, 9.17) is 4.74 Å². The first-order valence-electron chi connectivity index (χ1n) is 13.6. The Labute approximate surface area is 222 Å². The summed E-state index contributed by atoms with van der Waals surface area (Å²) in [5.41, 5.74) is 3.91. The molecule has 1 aliphatic rings. The molecule has 3 aromatic rings. The fourth-order valence-electron chi connectivity index (χ4n) is 5.74. The quantitative estimate of drug-likeness (QED) is 0.324. The van der Waals surface area contributed by atoms with Crippen molar-refractivity contribution in [1.29, 1.82) is 0 Å². The van der Waals surface area contributed by atoms with Crippen molar-refractivity contribution in [2.45, 2.75) is 57.0 Å². The fourth-order valence-corrected chi connectivity index (χ4v) is 5.74. The van der Waals surface area contributed by atoms with Crippen LogP contribution in [-0.2, 0) is 14.9 Å². The van der Waals surface area contributed by atoms with Crippen molar-refractivity contribution in [1.82, 2.24) is 4.90 Å². The molecular formula is C33H41NO3. The van der Waals surface area contributed by atoms with E-state index in [0.717, 1.165) is 43.6 Å².